The molecular weight excluding hydrogens is 552 g/mol. The van der Waals surface area contributed by atoms with Gasteiger partial charge in [-0.3, -0.25) is 14.4 Å². The standard InChI is InChI=1S/C25H34N10O5S/c1-12(5-15(36)10-33-11-29-30-31-33)18-19-13(2)21(20(24(39)40)35(19)23(18)38)41-16-6-17(27-8-16)22(37)32-3-4-34-14(9-32)7-28-25(34)26/h7,11-13,16-21,27H,3-6,8-10H2,1-2H3,(H2,26,28)(H,39,40)/t12?,13-,16?,17?,18-,19-,20?,21?/m1/s1. The van der Waals surface area contributed by atoms with E-state index in [9.17, 15) is 24.3 Å². The predicted molar refractivity (Wildman–Crippen MR) is 145 cm³/mol. The van der Waals surface area contributed by atoms with Gasteiger partial charge < -0.3 is 30.5 Å². The van der Waals surface area contributed by atoms with E-state index < -0.39 is 17.9 Å². The van der Waals surface area contributed by atoms with Crippen molar-refractivity contribution in [3.63, 3.8) is 0 Å². The van der Waals surface area contributed by atoms with E-state index in [1.54, 1.807) is 18.0 Å². The molecule has 2 amide bonds. The second kappa shape index (κ2) is 10.7. The topological polar surface area (TPSA) is 194 Å². The number of hydrogen-bond acceptors (Lipinski definition) is 11. The third kappa shape index (κ3) is 4.86. The first kappa shape index (κ1) is 27.6. The fourth-order valence-electron chi connectivity index (χ4n) is 7.05. The van der Waals surface area contributed by atoms with Crippen molar-refractivity contribution in [1.82, 2.24) is 44.9 Å². The zero-order chi connectivity index (χ0) is 29.0. The number of carbonyl (C=O) groups is 4. The second-order valence-corrected chi connectivity index (χ2v) is 13.1. The molecule has 0 radical (unpaired) electrons. The SMILES string of the molecule is CC(CC(=O)Cn1cnnn1)[C@H]1C(=O)N2C(C(=O)O)C(SC3CNC(C(=O)N4CCn5c(cnc5N)C4)C3)[C@H](C)[C@H]12. The zero-order valence-electron chi connectivity index (χ0n) is 22.9. The maximum absolute atomic E-state index is 13.3. The Balaban J connectivity index is 1.08. The smallest absolute Gasteiger partial charge is 0.327 e. The van der Waals surface area contributed by atoms with Crippen molar-refractivity contribution in [3.8, 4) is 0 Å². The molecule has 41 heavy (non-hydrogen) atoms. The minimum Gasteiger partial charge on any atom is -0.480 e. The lowest BCUT2D eigenvalue weighted by Gasteiger charge is -2.48. The first-order chi connectivity index (χ1) is 19.6. The molecule has 5 unspecified atom stereocenters. The number of thioether (sulfide) groups is 1. The Labute approximate surface area is 240 Å². The summed E-state index contributed by atoms with van der Waals surface area (Å²) in [6, 6.07) is -1.53. The molecule has 2 aromatic heterocycles. The summed E-state index contributed by atoms with van der Waals surface area (Å²) in [6.45, 7) is 6.10. The van der Waals surface area contributed by atoms with Crippen molar-refractivity contribution < 1.29 is 24.3 Å². The molecule has 220 valence electrons. The number of hydrogen-bond donors (Lipinski definition) is 3. The van der Waals surface area contributed by atoms with Gasteiger partial charge >= 0.3 is 5.97 Å². The van der Waals surface area contributed by atoms with Crippen LogP contribution in [-0.4, -0.2) is 110 Å². The highest BCUT2D eigenvalue weighted by molar-refractivity contribution is 8.00. The van der Waals surface area contributed by atoms with Gasteiger partial charge in [0, 0.05) is 42.6 Å². The largest absolute Gasteiger partial charge is 0.480 e. The number of amides is 2. The van der Waals surface area contributed by atoms with Crippen LogP contribution in [0.4, 0.5) is 5.95 Å². The van der Waals surface area contributed by atoms with Crippen LogP contribution in [0.25, 0.3) is 0 Å². The highest BCUT2D eigenvalue weighted by Gasteiger charge is 2.64. The number of Topliss-reactive ketones (excluding diaryl/α,β-unsaturated/α-hetero) is 1. The Bertz CT molecular complexity index is 1350. The molecule has 4 N–H and O–H groups in total. The third-order valence-corrected chi connectivity index (χ3v) is 10.8. The van der Waals surface area contributed by atoms with Gasteiger partial charge in [-0.2, -0.15) is 11.8 Å². The van der Waals surface area contributed by atoms with Gasteiger partial charge in [-0.25, -0.2) is 14.5 Å². The van der Waals surface area contributed by atoms with Crippen LogP contribution in [0.2, 0.25) is 0 Å². The van der Waals surface area contributed by atoms with E-state index in [1.807, 2.05) is 23.3 Å². The number of nitrogens with one attached hydrogen (secondary N) is 1. The minimum absolute atomic E-state index is 0.0209. The summed E-state index contributed by atoms with van der Waals surface area (Å²) in [4.78, 5) is 59.0. The van der Waals surface area contributed by atoms with Gasteiger partial charge in [0.1, 0.15) is 18.9 Å². The molecule has 3 fully saturated rings. The first-order valence-corrected chi connectivity index (χ1v) is 14.8. The Morgan fingerprint density at radius 2 is 2.10 bits per heavy atom. The fourth-order valence-corrected chi connectivity index (χ4v) is 8.80. The van der Waals surface area contributed by atoms with Crippen molar-refractivity contribution in [2.75, 3.05) is 18.8 Å². The van der Waals surface area contributed by atoms with E-state index in [1.165, 1.54) is 15.9 Å². The maximum Gasteiger partial charge on any atom is 0.327 e. The summed E-state index contributed by atoms with van der Waals surface area (Å²) in [6.07, 6.45) is 3.84. The molecule has 8 atom stereocenters. The summed E-state index contributed by atoms with van der Waals surface area (Å²) >= 11 is 1.57. The van der Waals surface area contributed by atoms with Gasteiger partial charge in [-0.15, -0.1) is 5.10 Å². The number of nitrogen functional groups attached to an aromatic ring is 1. The molecule has 6 rings (SSSR count). The van der Waals surface area contributed by atoms with Crippen LogP contribution in [0.5, 0.6) is 0 Å². The van der Waals surface area contributed by atoms with Crippen LogP contribution >= 0.6 is 11.8 Å². The molecule has 0 aliphatic carbocycles. The number of aromatic nitrogens is 6. The summed E-state index contributed by atoms with van der Waals surface area (Å²) < 4.78 is 3.26. The molecule has 0 spiro atoms. The van der Waals surface area contributed by atoms with Crippen LogP contribution in [0.3, 0.4) is 0 Å². The van der Waals surface area contributed by atoms with E-state index in [-0.39, 0.29) is 65.0 Å². The van der Waals surface area contributed by atoms with E-state index in [0.29, 0.717) is 38.5 Å². The van der Waals surface area contributed by atoms with E-state index in [4.69, 9.17) is 5.73 Å². The minimum atomic E-state index is -1.02. The molecule has 4 aliphatic rings. The van der Waals surface area contributed by atoms with Crippen LogP contribution in [0.1, 0.15) is 32.4 Å². The summed E-state index contributed by atoms with van der Waals surface area (Å²) in [5.74, 6) is -1.56. The molecule has 16 heteroatoms. The lowest BCUT2D eigenvalue weighted by molar-refractivity contribution is -0.168. The molecule has 6 heterocycles. The van der Waals surface area contributed by atoms with Crippen LogP contribution in [0, 0.1) is 17.8 Å². The quantitative estimate of drug-likeness (QED) is 0.299. The van der Waals surface area contributed by atoms with E-state index in [0.717, 1.165) is 5.69 Å². The fraction of sp³-hybridized carbons (Fsp3) is 0.680. The number of carbonyl (C=O) groups excluding carboxylic acids is 3. The number of nitrogens with zero attached hydrogens (tertiary/aromatic N) is 8. The van der Waals surface area contributed by atoms with Crippen molar-refractivity contribution in [3.05, 3.63) is 18.2 Å². The number of nitrogens with two attached hydrogens (primary N) is 1. The highest BCUT2D eigenvalue weighted by atomic mass is 32.2. The molecule has 0 aromatic carbocycles. The summed E-state index contributed by atoms with van der Waals surface area (Å²) in [5.41, 5.74) is 6.80. The number of aliphatic carboxylic acids is 1. The average Bonchev–Trinajstić information content (AvgIpc) is 3.72. The lowest BCUT2D eigenvalue weighted by Crippen LogP contribution is -2.64. The van der Waals surface area contributed by atoms with Gasteiger partial charge in [0.05, 0.1) is 30.4 Å². The number of carboxylic acids is 1. The van der Waals surface area contributed by atoms with Crippen LogP contribution in [-0.2, 0) is 38.8 Å². The number of anilines is 1. The number of β-lactam (4-membered cyclic amide) rings is 1. The average molecular weight is 587 g/mol. The Morgan fingerprint density at radius 3 is 2.83 bits per heavy atom. The van der Waals surface area contributed by atoms with Crippen LogP contribution in [0.15, 0.2) is 12.5 Å². The van der Waals surface area contributed by atoms with E-state index >= 15 is 0 Å². The molecule has 4 aliphatic heterocycles. The number of imidazole rings is 1. The Kier molecular flexibility index (Phi) is 7.21. The predicted octanol–water partition coefficient (Wildman–Crippen LogP) is -1.15. The zero-order valence-corrected chi connectivity index (χ0v) is 23.7. The van der Waals surface area contributed by atoms with Gasteiger partial charge in [-0.05, 0) is 28.7 Å². The number of carboxylic acid groups (broad SMARTS) is 1. The molecule has 0 bridgehead atoms. The number of rotatable bonds is 9. The Morgan fingerprint density at radius 1 is 1.29 bits per heavy atom. The highest BCUT2D eigenvalue weighted by Crippen LogP contribution is 2.51. The molecular formula is C25H34N10O5S. The van der Waals surface area contributed by atoms with Gasteiger partial charge in [0.25, 0.3) is 0 Å². The number of fused-ring (bicyclic) bond motifs is 2. The van der Waals surface area contributed by atoms with Gasteiger partial charge in [0.2, 0.25) is 11.8 Å². The second-order valence-electron chi connectivity index (χ2n) is 11.6. The summed E-state index contributed by atoms with van der Waals surface area (Å²) in [7, 11) is 0. The normalized spacial score (nSPS) is 31.5. The van der Waals surface area contributed by atoms with Gasteiger partial charge in [0.15, 0.2) is 11.7 Å². The van der Waals surface area contributed by atoms with Crippen molar-refractivity contribution in [2.24, 2.45) is 17.8 Å². The Hall–Kier alpha value is -3.53. The molecule has 2 aromatic rings. The monoisotopic (exact) mass is 586 g/mol. The van der Waals surface area contributed by atoms with Crippen molar-refractivity contribution in [1.29, 1.82) is 0 Å². The molecule has 3 saturated heterocycles. The first-order valence-electron chi connectivity index (χ1n) is 13.9. The summed E-state index contributed by atoms with van der Waals surface area (Å²) in [5, 5.41) is 24.0. The van der Waals surface area contributed by atoms with Crippen LogP contribution < -0.4 is 11.1 Å². The van der Waals surface area contributed by atoms with Crippen molar-refractivity contribution >= 4 is 41.3 Å². The maximum atomic E-state index is 13.3. The number of ketones is 1. The molecule has 0 saturated carbocycles. The van der Waals surface area contributed by atoms with E-state index in [2.05, 4.69) is 25.8 Å². The lowest BCUT2D eigenvalue weighted by atomic mass is 9.73. The molecule has 15 nitrogen and oxygen atoms in total. The third-order valence-electron chi connectivity index (χ3n) is 9.01. The van der Waals surface area contributed by atoms with Gasteiger partial charge in [-0.1, -0.05) is 13.8 Å². The number of tetrazole rings is 1. The van der Waals surface area contributed by atoms with Crippen molar-refractivity contribution in [2.45, 2.75) is 74.9 Å².